The van der Waals surface area contributed by atoms with Crippen molar-refractivity contribution in [3.63, 3.8) is 0 Å². The zero-order valence-corrected chi connectivity index (χ0v) is 13.3. The van der Waals surface area contributed by atoms with Crippen molar-refractivity contribution in [1.82, 2.24) is 10.2 Å². The van der Waals surface area contributed by atoms with Crippen LogP contribution in [-0.2, 0) is 0 Å². The average Bonchev–Trinajstić information content (AvgIpc) is 2.32. The summed E-state index contributed by atoms with van der Waals surface area (Å²) in [5, 5.41) is 13.0. The van der Waals surface area contributed by atoms with Crippen LogP contribution in [0.15, 0.2) is 0 Å². The van der Waals surface area contributed by atoms with E-state index >= 15 is 0 Å². The maximum absolute atomic E-state index is 9.50. The van der Waals surface area contributed by atoms with Crippen LogP contribution in [0.3, 0.4) is 0 Å². The van der Waals surface area contributed by atoms with Gasteiger partial charge in [-0.1, -0.05) is 27.2 Å². The lowest BCUT2D eigenvalue weighted by molar-refractivity contribution is 0.151. The molecule has 0 saturated carbocycles. The molecule has 3 nitrogen and oxygen atoms in total. The van der Waals surface area contributed by atoms with Crippen LogP contribution in [0.4, 0.5) is 0 Å². The van der Waals surface area contributed by atoms with Gasteiger partial charge in [0.2, 0.25) is 0 Å². The third-order valence-electron chi connectivity index (χ3n) is 3.82. The van der Waals surface area contributed by atoms with Gasteiger partial charge in [-0.2, -0.15) is 0 Å². The van der Waals surface area contributed by atoms with Crippen LogP contribution in [0, 0.1) is 0 Å². The second-order valence-corrected chi connectivity index (χ2v) is 6.21. The molecule has 18 heavy (non-hydrogen) atoms. The van der Waals surface area contributed by atoms with Gasteiger partial charge in [-0.15, -0.1) is 0 Å². The Hall–Kier alpha value is -0.120. The average molecular weight is 258 g/mol. The number of hydrogen-bond acceptors (Lipinski definition) is 3. The fraction of sp³-hybridized carbons (Fsp3) is 1.00. The van der Waals surface area contributed by atoms with Gasteiger partial charge in [0.15, 0.2) is 0 Å². The SMILES string of the molecule is CCC(C)N(C)CCCCC(C)(CO)NC(C)C. The molecule has 0 rings (SSSR count). The highest BCUT2D eigenvalue weighted by atomic mass is 16.3. The van der Waals surface area contributed by atoms with E-state index in [0.717, 1.165) is 19.4 Å². The predicted molar refractivity (Wildman–Crippen MR) is 80.0 cm³/mol. The molecule has 0 radical (unpaired) electrons. The molecule has 0 aromatic carbocycles. The molecule has 0 aromatic heterocycles. The van der Waals surface area contributed by atoms with Gasteiger partial charge in [-0.3, -0.25) is 0 Å². The quantitative estimate of drug-likeness (QED) is 0.591. The van der Waals surface area contributed by atoms with Crippen molar-refractivity contribution in [2.45, 2.75) is 77.9 Å². The van der Waals surface area contributed by atoms with Gasteiger partial charge < -0.3 is 15.3 Å². The molecular weight excluding hydrogens is 224 g/mol. The number of aliphatic hydroxyl groups is 1. The molecule has 110 valence electrons. The summed E-state index contributed by atoms with van der Waals surface area (Å²) >= 11 is 0. The van der Waals surface area contributed by atoms with E-state index in [1.165, 1.54) is 12.8 Å². The molecule has 2 atom stereocenters. The summed E-state index contributed by atoms with van der Waals surface area (Å²) < 4.78 is 0. The summed E-state index contributed by atoms with van der Waals surface area (Å²) in [5.41, 5.74) is -0.122. The summed E-state index contributed by atoms with van der Waals surface area (Å²) in [6, 6.07) is 1.09. The van der Waals surface area contributed by atoms with Gasteiger partial charge in [0.25, 0.3) is 0 Å². The Labute approximate surface area is 114 Å². The monoisotopic (exact) mass is 258 g/mol. The summed E-state index contributed by atoms with van der Waals surface area (Å²) in [6.07, 6.45) is 4.61. The van der Waals surface area contributed by atoms with Crippen LogP contribution < -0.4 is 5.32 Å². The third kappa shape index (κ3) is 7.34. The number of aliphatic hydroxyl groups excluding tert-OH is 1. The molecule has 0 aliphatic carbocycles. The smallest absolute Gasteiger partial charge is 0.0610 e. The molecule has 2 N–H and O–H groups in total. The molecule has 0 aliphatic rings. The standard InChI is InChI=1S/C15H34N2O/c1-7-14(4)17(6)11-9-8-10-15(5,12-18)16-13(2)3/h13-14,16,18H,7-12H2,1-6H3. The van der Waals surface area contributed by atoms with E-state index in [1.54, 1.807) is 0 Å². The summed E-state index contributed by atoms with van der Waals surface area (Å²) in [4.78, 5) is 2.42. The summed E-state index contributed by atoms with van der Waals surface area (Å²) in [5.74, 6) is 0. The van der Waals surface area contributed by atoms with Crippen LogP contribution in [0.2, 0.25) is 0 Å². The Balaban J connectivity index is 3.87. The lowest BCUT2D eigenvalue weighted by Gasteiger charge is -2.31. The van der Waals surface area contributed by atoms with E-state index < -0.39 is 0 Å². The molecular formula is C15H34N2O. The highest BCUT2D eigenvalue weighted by molar-refractivity contribution is 4.83. The number of hydrogen-bond donors (Lipinski definition) is 2. The molecule has 0 aromatic rings. The van der Waals surface area contributed by atoms with Gasteiger partial charge in [-0.05, 0) is 46.7 Å². The normalized spacial score (nSPS) is 17.2. The molecule has 2 unspecified atom stereocenters. The van der Waals surface area contributed by atoms with E-state index in [1.807, 2.05) is 0 Å². The minimum atomic E-state index is -0.122. The first-order valence-electron chi connectivity index (χ1n) is 7.43. The fourth-order valence-corrected chi connectivity index (χ4v) is 2.30. The summed E-state index contributed by atoms with van der Waals surface area (Å²) in [6.45, 7) is 12.2. The highest BCUT2D eigenvalue weighted by Gasteiger charge is 2.23. The molecule has 0 spiro atoms. The van der Waals surface area contributed by atoms with Crippen LogP contribution >= 0.6 is 0 Å². The first-order chi connectivity index (χ1) is 8.34. The maximum Gasteiger partial charge on any atom is 0.0610 e. The Morgan fingerprint density at radius 3 is 2.28 bits per heavy atom. The largest absolute Gasteiger partial charge is 0.394 e. The van der Waals surface area contributed by atoms with Crippen LogP contribution in [0.25, 0.3) is 0 Å². The van der Waals surface area contributed by atoms with Crippen molar-refractivity contribution in [2.75, 3.05) is 20.2 Å². The van der Waals surface area contributed by atoms with Gasteiger partial charge >= 0.3 is 0 Å². The Kier molecular flexibility index (Phi) is 8.83. The molecule has 0 fully saturated rings. The van der Waals surface area contributed by atoms with Crippen LogP contribution in [-0.4, -0.2) is 47.8 Å². The third-order valence-corrected chi connectivity index (χ3v) is 3.82. The topological polar surface area (TPSA) is 35.5 Å². The highest BCUT2D eigenvalue weighted by Crippen LogP contribution is 2.15. The van der Waals surface area contributed by atoms with Gasteiger partial charge in [0.1, 0.15) is 0 Å². The zero-order chi connectivity index (χ0) is 14.2. The Bertz CT molecular complexity index is 209. The predicted octanol–water partition coefficient (Wildman–Crippen LogP) is 2.64. The van der Waals surface area contributed by atoms with Gasteiger partial charge in [0, 0.05) is 17.6 Å². The zero-order valence-electron chi connectivity index (χ0n) is 13.3. The van der Waals surface area contributed by atoms with Crippen molar-refractivity contribution in [3.05, 3.63) is 0 Å². The van der Waals surface area contributed by atoms with E-state index in [9.17, 15) is 5.11 Å². The van der Waals surface area contributed by atoms with Gasteiger partial charge in [0.05, 0.1) is 6.61 Å². The van der Waals surface area contributed by atoms with Gasteiger partial charge in [-0.25, -0.2) is 0 Å². The fourth-order valence-electron chi connectivity index (χ4n) is 2.30. The van der Waals surface area contributed by atoms with Crippen molar-refractivity contribution >= 4 is 0 Å². The van der Waals surface area contributed by atoms with E-state index in [2.05, 4.69) is 51.9 Å². The molecule has 0 bridgehead atoms. The lowest BCUT2D eigenvalue weighted by Crippen LogP contribution is -2.49. The van der Waals surface area contributed by atoms with E-state index in [-0.39, 0.29) is 12.1 Å². The second kappa shape index (κ2) is 8.89. The Morgan fingerprint density at radius 2 is 1.83 bits per heavy atom. The second-order valence-electron chi connectivity index (χ2n) is 6.21. The Morgan fingerprint density at radius 1 is 1.22 bits per heavy atom. The molecule has 3 heteroatoms. The maximum atomic E-state index is 9.50. The van der Waals surface area contributed by atoms with Crippen molar-refractivity contribution in [2.24, 2.45) is 0 Å². The summed E-state index contributed by atoms with van der Waals surface area (Å²) in [7, 11) is 2.20. The number of rotatable bonds is 10. The van der Waals surface area contributed by atoms with Crippen LogP contribution in [0.1, 0.15) is 60.3 Å². The molecule has 0 saturated heterocycles. The van der Waals surface area contributed by atoms with Crippen LogP contribution in [0.5, 0.6) is 0 Å². The van der Waals surface area contributed by atoms with E-state index in [0.29, 0.717) is 12.1 Å². The van der Waals surface area contributed by atoms with Crippen molar-refractivity contribution < 1.29 is 5.11 Å². The minimum Gasteiger partial charge on any atom is -0.394 e. The molecule has 0 amide bonds. The number of nitrogens with one attached hydrogen (secondary N) is 1. The lowest BCUT2D eigenvalue weighted by atomic mass is 9.94. The number of unbranched alkanes of at least 4 members (excludes halogenated alkanes) is 1. The minimum absolute atomic E-state index is 0.122. The molecule has 0 aliphatic heterocycles. The van der Waals surface area contributed by atoms with E-state index in [4.69, 9.17) is 0 Å². The first-order valence-corrected chi connectivity index (χ1v) is 7.43. The first kappa shape index (κ1) is 17.9. The molecule has 0 heterocycles. The van der Waals surface area contributed by atoms with Crippen molar-refractivity contribution in [3.8, 4) is 0 Å². The number of nitrogens with zero attached hydrogens (tertiary/aromatic N) is 1. The van der Waals surface area contributed by atoms with Crippen molar-refractivity contribution in [1.29, 1.82) is 0 Å².